The zero-order valence-corrected chi connectivity index (χ0v) is 14.3. The van der Waals surface area contributed by atoms with Crippen molar-refractivity contribution in [3.8, 4) is 0 Å². The first-order valence-electron chi connectivity index (χ1n) is 9.01. The third kappa shape index (κ3) is 3.98. The van der Waals surface area contributed by atoms with Crippen molar-refractivity contribution >= 4 is 0 Å². The van der Waals surface area contributed by atoms with Crippen LogP contribution in [0.4, 0.5) is 0 Å². The van der Waals surface area contributed by atoms with Crippen LogP contribution in [0.25, 0.3) is 0 Å². The monoisotopic (exact) mass is 280 g/mol. The molecule has 2 heteroatoms. The van der Waals surface area contributed by atoms with E-state index in [1.807, 2.05) is 0 Å². The molecule has 1 saturated carbocycles. The van der Waals surface area contributed by atoms with Crippen LogP contribution < -0.4 is 0 Å². The van der Waals surface area contributed by atoms with Gasteiger partial charge in [0.05, 0.1) is 0 Å². The standard InChI is InChI=1S/C18H36N2/c1-5-16(3)15-20-13-11-18(12-14-20)9-7-17(8-10-18)19(4)6-2/h16-17H,5-15H2,1-4H3. The lowest BCUT2D eigenvalue weighted by molar-refractivity contribution is 0.0351. The average Bonchev–Trinajstić information content (AvgIpc) is 2.49. The fraction of sp³-hybridized carbons (Fsp3) is 1.00. The van der Waals surface area contributed by atoms with Gasteiger partial charge in [0.2, 0.25) is 0 Å². The van der Waals surface area contributed by atoms with Gasteiger partial charge in [0.25, 0.3) is 0 Å². The van der Waals surface area contributed by atoms with Crippen LogP contribution in [0.2, 0.25) is 0 Å². The summed E-state index contributed by atoms with van der Waals surface area (Å²) in [7, 11) is 2.30. The van der Waals surface area contributed by atoms with Gasteiger partial charge in [0.15, 0.2) is 0 Å². The second kappa shape index (κ2) is 7.26. The number of hydrogen-bond donors (Lipinski definition) is 0. The minimum Gasteiger partial charge on any atom is -0.304 e. The molecule has 0 aromatic heterocycles. The van der Waals surface area contributed by atoms with Crippen molar-refractivity contribution in [3.05, 3.63) is 0 Å². The third-order valence-electron chi connectivity index (χ3n) is 6.32. The van der Waals surface area contributed by atoms with Gasteiger partial charge in [-0.25, -0.2) is 0 Å². The van der Waals surface area contributed by atoms with E-state index in [-0.39, 0.29) is 0 Å². The molecule has 0 amide bonds. The molecule has 2 rings (SSSR count). The summed E-state index contributed by atoms with van der Waals surface area (Å²) in [5.74, 6) is 0.873. The van der Waals surface area contributed by atoms with Crippen LogP contribution in [0.1, 0.15) is 65.7 Å². The molecule has 0 bridgehead atoms. The lowest BCUT2D eigenvalue weighted by Crippen LogP contribution is -2.45. The lowest BCUT2D eigenvalue weighted by atomic mass is 9.66. The highest BCUT2D eigenvalue weighted by molar-refractivity contribution is 4.92. The molecule has 20 heavy (non-hydrogen) atoms. The molecular weight excluding hydrogens is 244 g/mol. The number of hydrogen-bond acceptors (Lipinski definition) is 2. The highest BCUT2D eigenvalue weighted by Gasteiger charge is 2.38. The van der Waals surface area contributed by atoms with Gasteiger partial charge in [0, 0.05) is 12.6 Å². The molecule has 1 saturated heterocycles. The van der Waals surface area contributed by atoms with E-state index in [0.29, 0.717) is 0 Å². The minimum absolute atomic E-state index is 0.719. The van der Waals surface area contributed by atoms with Crippen LogP contribution in [0.15, 0.2) is 0 Å². The van der Waals surface area contributed by atoms with Crippen molar-refractivity contribution in [1.82, 2.24) is 9.80 Å². The van der Waals surface area contributed by atoms with Crippen molar-refractivity contribution in [2.75, 3.05) is 33.2 Å². The molecule has 2 fully saturated rings. The van der Waals surface area contributed by atoms with Crippen molar-refractivity contribution in [3.63, 3.8) is 0 Å². The molecule has 1 spiro atoms. The van der Waals surface area contributed by atoms with Crippen LogP contribution in [0, 0.1) is 11.3 Å². The Hall–Kier alpha value is -0.0800. The summed E-state index contributed by atoms with van der Waals surface area (Å²) in [5.41, 5.74) is 0.719. The predicted molar refractivity (Wildman–Crippen MR) is 88.1 cm³/mol. The fourth-order valence-corrected chi connectivity index (χ4v) is 4.19. The molecule has 0 aromatic carbocycles. The van der Waals surface area contributed by atoms with Crippen LogP contribution in [-0.4, -0.2) is 49.1 Å². The Morgan fingerprint density at radius 3 is 2.20 bits per heavy atom. The summed E-state index contributed by atoms with van der Waals surface area (Å²) < 4.78 is 0. The number of rotatable bonds is 5. The smallest absolute Gasteiger partial charge is 0.00925 e. The summed E-state index contributed by atoms with van der Waals surface area (Å²) in [6, 6.07) is 0.865. The Balaban J connectivity index is 1.76. The number of likely N-dealkylation sites (tertiary alicyclic amines) is 1. The van der Waals surface area contributed by atoms with Crippen molar-refractivity contribution in [1.29, 1.82) is 0 Å². The fourth-order valence-electron chi connectivity index (χ4n) is 4.19. The van der Waals surface area contributed by atoms with Crippen LogP contribution >= 0.6 is 0 Å². The number of piperidine rings is 1. The van der Waals surface area contributed by atoms with Gasteiger partial charge in [-0.1, -0.05) is 27.2 Å². The summed E-state index contributed by atoms with van der Waals surface area (Å²) in [4.78, 5) is 5.29. The largest absolute Gasteiger partial charge is 0.304 e. The maximum absolute atomic E-state index is 2.73. The van der Waals surface area contributed by atoms with E-state index < -0.39 is 0 Å². The van der Waals surface area contributed by atoms with E-state index in [4.69, 9.17) is 0 Å². The highest BCUT2D eigenvalue weighted by Crippen LogP contribution is 2.45. The van der Waals surface area contributed by atoms with Crippen molar-refractivity contribution < 1.29 is 0 Å². The van der Waals surface area contributed by atoms with Gasteiger partial charge in [-0.15, -0.1) is 0 Å². The van der Waals surface area contributed by atoms with Gasteiger partial charge in [0.1, 0.15) is 0 Å². The Morgan fingerprint density at radius 1 is 1.10 bits per heavy atom. The SMILES string of the molecule is CCC(C)CN1CCC2(CCC(N(C)CC)CC2)CC1. The zero-order chi connectivity index (χ0) is 14.6. The molecule has 0 radical (unpaired) electrons. The van der Waals surface area contributed by atoms with Gasteiger partial charge >= 0.3 is 0 Å². The molecule has 1 atom stereocenters. The molecule has 1 aliphatic carbocycles. The summed E-state index contributed by atoms with van der Waals surface area (Å²) in [6.45, 7) is 12.3. The summed E-state index contributed by atoms with van der Waals surface area (Å²) in [5, 5.41) is 0. The maximum Gasteiger partial charge on any atom is 0.00925 e. The molecule has 118 valence electrons. The van der Waals surface area contributed by atoms with E-state index in [0.717, 1.165) is 17.4 Å². The second-order valence-electron chi connectivity index (χ2n) is 7.62. The minimum atomic E-state index is 0.719. The molecule has 2 aliphatic rings. The molecule has 1 aliphatic heterocycles. The Morgan fingerprint density at radius 2 is 1.70 bits per heavy atom. The van der Waals surface area contributed by atoms with Crippen LogP contribution in [-0.2, 0) is 0 Å². The topological polar surface area (TPSA) is 6.48 Å². The first-order chi connectivity index (χ1) is 9.58. The summed E-state index contributed by atoms with van der Waals surface area (Å²) in [6.07, 6.45) is 10.1. The summed E-state index contributed by atoms with van der Waals surface area (Å²) >= 11 is 0. The normalized spacial score (nSPS) is 26.2. The Labute approximate surface area is 126 Å². The van der Waals surface area contributed by atoms with Gasteiger partial charge in [-0.05, 0) is 76.5 Å². The van der Waals surface area contributed by atoms with E-state index in [9.17, 15) is 0 Å². The second-order valence-corrected chi connectivity index (χ2v) is 7.62. The Kier molecular flexibility index (Phi) is 5.92. The predicted octanol–water partition coefficient (Wildman–Crippen LogP) is 4.01. The van der Waals surface area contributed by atoms with Gasteiger partial charge < -0.3 is 9.80 Å². The third-order valence-corrected chi connectivity index (χ3v) is 6.32. The van der Waals surface area contributed by atoms with E-state index in [1.165, 1.54) is 71.1 Å². The first-order valence-corrected chi connectivity index (χ1v) is 9.01. The van der Waals surface area contributed by atoms with Crippen molar-refractivity contribution in [2.45, 2.75) is 71.8 Å². The van der Waals surface area contributed by atoms with E-state index in [1.54, 1.807) is 0 Å². The number of nitrogens with zero attached hydrogens (tertiary/aromatic N) is 2. The zero-order valence-electron chi connectivity index (χ0n) is 14.3. The first kappa shape index (κ1) is 16.3. The molecule has 2 nitrogen and oxygen atoms in total. The van der Waals surface area contributed by atoms with Gasteiger partial charge in [-0.2, -0.15) is 0 Å². The molecule has 1 unspecified atom stereocenters. The van der Waals surface area contributed by atoms with Crippen molar-refractivity contribution in [2.24, 2.45) is 11.3 Å². The van der Waals surface area contributed by atoms with E-state index in [2.05, 4.69) is 37.6 Å². The quantitative estimate of drug-likeness (QED) is 0.751. The van der Waals surface area contributed by atoms with E-state index >= 15 is 0 Å². The van der Waals surface area contributed by atoms with Gasteiger partial charge in [-0.3, -0.25) is 0 Å². The molecule has 0 N–H and O–H groups in total. The molecular formula is C18H36N2. The average molecular weight is 280 g/mol. The molecule has 0 aromatic rings. The Bertz CT molecular complexity index is 271. The molecule has 1 heterocycles. The lowest BCUT2D eigenvalue weighted by Gasteiger charge is -2.47. The van der Waals surface area contributed by atoms with Crippen LogP contribution in [0.5, 0.6) is 0 Å². The highest BCUT2D eigenvalue weighted by atomic mass is 15.1. The maximum atomic E-state index is 2.73. The van der Waals surface area contributed by atoms with Crippen LogP contribution in [0.3, 0.4) is 0 Å².